The number of amides is 1. The molecule has 0 atom stereocenters. The number of hydrogen-bond acceptors (Lipinski definition) is 2. The van der Waals surface area contributed by atoms with Crippen LogP contribution >= 0.6 is 0 Å². The van der Waals surface area contributed by atoms with E-state index in [1.807, 2.05) is 42.5 Å². The molecule has 2 aromatic rings. The number of carbonyl (C=O) groups excluding carboxylic acids is 1. The van der Waals surface area contributed by atoms with Crippen molar-refractivity contribution in [3.63, 3.8) is 0 Å². The van der Waals surface area contributed by atoms with Crippen LogP contribution in [-0.4, -0.2) is 13.0 Å². The Hall–Kier alpha value is -2.55. The zero-order valence-corrected chi connectivity index (χ0v) is 10.7. The van der Waals surface area contributed by atoms with Crippen LogP contribution in [0.15, 0.2) is 48.5 Å². The van der Waals surface area contributed by atoms with Gasteiger partial charge in [0.05, 0.1) is 7.11 Å². The van der Waals surface area contributed by atoms with E-state index in [1.165, 1.54) is 0 Å². The number of methoxy groups -OCH3 is 1. The van der Waals surface area contributed by atoms with Gasteiger partial charge in [-0.2, -0.15) is 0 Å². The average molecular weight is 253 g/mol. The summed E-state index contributed by atoms with van der Waals surface area (Å²) in [5.74, 6) is 0.259. The van der Waals surface area contributed by atoms with Gasteiger partial charge in [0, 0.05) is 11.1 Å². The lowest BCUT2D eigenvalue weighted by Gasteiger charge is -2.06. The second-order valence-electron chi connectivity index (χ2n) is 4.06. The monoisotopic (exact) mass is 253 g/mol. The molecule has 96 valence electrons. The summed E-state index contributed by atoms with van der Waals surface area (Å²) in [6, 6.07) is 15.0. The molecular weight excluding hydrogens is 238 g/mol. The van der Waals surface area contributed by atoms with Crippen molar-refractivity contribution in [2.75, 3.05) is 7.11 Å². The van der Waals surface area contributed by atoms with Crippen LogP contribution < -0.4 is 10.5 Å². The fourth-order valence-corrected chi connectivity index (χ4v) is 1.77. The average Bonchev–Trinajstić information content (AvgIpc) is 2.45. The molecule has 3 nitrogen and oxygen atoms in total. The first kappa shape index (κ1) is 12.9. The van der Waals surface area contributed by atoms with Gasteiger partial charge in [-0.3, -0.25) is 4.79 Å². The van der Waals surface area contributed by atoms with Gasteiger partial charge in [0.1, 0.15) is 5.75 Å². The highest BCUT2D eigenvalue weighted by Crippen LogP contribution is 2.22. The summed E-state index contributed by atoms with van der Waals surface area (Å²) in [4.78, 5) is 11.2. The van der Waals surface area contributed by atoms with Gasteiger partial charge in [-0.05, 0) is 23.8 Å². The highest BCUT2D eigenvalue weighted by Gasteiger charge is 2.05. The largest absolute Gasteiger partial charge is 0.496 e. The Morgan fingerprint density at radius 2 is 1.84 bits per heavy atom. The molecule has 19 heavy (non-hydrogen) atoms. The Morgan fingerprint density at radius 3 is 2.47 bits per heavy atom. The molecule has 2 N–H and O–H groups in total. The van der Waals surface area contributed by atoms with Gasteiger partial charge in [-0.1, -0.05) is 42.5 Å². The van der Waals surface area contributed by atoms with Crippen LogP contribution in [0.3, 0.4) is 0 Å². The van der Waals surface area contributed by atoms with E-state index >= 15 is 0 Å². The first-order valence-corrected chi connectivity index (χ1v) is 5.91. The molecule has 0 saturated heterocycles. The van der Waals surface area contributed by atoms with E-state index in [9.17, 15) is 4.79 Å². The van der Waals surface area contributed by atoms with E-state index in [0.29, 0.717) is 11.3 Å². The van der Waals surface area contributed by atoms with Crippen LogP contribution in [0.5, 0.6) is 5.75 Å². The molecule has 0 radical (unpaired) electrons. The fourth-order valence-electron chi connectivity index (χ4n) is 1.77. The Bertz CT molecular complexity index is 603. The van der Waals surface area contributed by atoms with Crippen LogP contribution in [-0.2, 0) is 0 Å². The Kier molecular flexibility index (Phi) is 3.98. The molecule has 0 heterocycles. The molecule has 0 aliphatic carbocycles. The summed E-state index contributed by atoms with van der Waals surface area (Å²) in [5, 5.41) is 0. The summed E-state index contributed by atoms with van der Waals surface area (Å²) in [7, 11) is 1.60. The van der Waals surface area contributed by atoms with Crippen molar-refractivity contribution < 1.29 is 9.53 Å². The number of primary amides is 1. The smallest absolute Gasteiger partial charge is 0.248 e. The summed E-state index contributed by atoms with van der Waals surface area (Å²) in [6.45, 7) is 0. The zero-order chi connectivity index (χ0) is 13.7. The summed E-state index contributed by atoms with van der Waals surface area (Å²) in [5.41, 5.74) is 7.64. The molecule has 3 heteroatoms. The number of rotatable bonds is 4. The van der Waals surface area contributed by atoms with E-state index in [0.717, 1.165) is 11.1 Å². The number of nitrogens with two attached hydrogens (primary N) is 1. The normalized spacial score (nSPS) is 10.6. The lowest BCUT2D eigenvalue weighted by molar-refractivity contribution is 0.1000. The van der Waals surface area contributed by atoms with Crippen molar-refractivity contribution in [3.05, 3.63) is 65.2 Å². The van der Waals surface area contributed by atoms with Crippen LogP contribution in [0.1, 0.15) is 21.5 Å². The van der Waals surface area contributed by atoms with Gasteiger partial charge in [0.25, 0.3) is 0 Å². The third-order valence-corrected chi connectivity index (χ3v) is 2.77. The predicted octanol–water partition coefficient (Wildman–Crippen LogP) is 2.96. The quantitative estimate of drug-likeness (QED) is 0.852. The van der Waals surface area contributed by atoms with Gasteiger partial charge in [0.15, 0.2) is 0 Å². The van der Waals surface area contributed by atoms with Gasteiger partial charge >= 0.3 is 0 Å². The maximum absolute atomic E-state index is 11.2. The Balaban J connectivity index is 2.35. The minimum absolute atomic E-state index is 0.447. The Morgan fingerprint density at radius 1 is 1.11 bits per heavy atom. The lowest BCUT2D eigenvalue weighted by Crippen LogP contribution is -2.10. The van der Waals surface area contributed by atoms with E-state index < -0.39 is 5.91 Å². The summed E-state index contributed by atoms with van der Waals surface area (Å²) >= 11 is 0. The molecule has 0 unspecified atom stereocenters. The van der Waals surface area contributed by atoms with Crippen molar-refractivity contribution in [1.82, 2.24) is 0 Å². The minimum Gasteiger partial charge on any atom is -0.496 e. The fraction of sp³-hybridized carbons (Fsp3) is 0.0625. The number of hydrogen-bond donors (Lipinski definition) is 1. The van der Waals surface area contributed by atoms with Crippen molar-refractivity contribution >= 4 is 18.1 Å². The van der Waals surface area contributed by atoms with Crippen molar-refractivity contribution in [3.8, 4) is 5.75 Å². The molecule has 0 fully saturated rings. The van der Waals surface area contributed by atoms with E-state index in [1.54, 1.807) is 25.3 Å². The SMILES string of the molecule is COc1ccc(C(N)=O)cc1/C=C/c1ccccc1. The second kappa shape index (κ2) is 5.87. The minimum atomic E-state index is -0.447. The van der Waals surface area contributed by atoms with Crippen molar-refractivity contribution in [2.24, 2.45) is 5.73 Å². The van der Waals surface area contributed by atoms with Gasteiger partial charge in [0.2, 0.25) is 5.91 Å². The molecule has 0 aliphatic heterocycles. The molecule has 0 bridgehead atoms. The van der Waals surface area contributed by atoms with Gasteiger partial charge in [-0.15, -0.1) is 0 Å². The van der Waals surface area contributed by atoms with Crippen LogP contribution in [0.2, 0.25) is 0 Å². The Labute approximate surface area is 112 Å². The van der Waals surface area contributed by atoms with Gasteiger partial charge in [-0.25, -0.2) is 0 Å². The molecule has 0 spiro atoms. The lowest BCUT2D eigenvalue weighted by atomic mass is 10.1. The summed E-state index contributed by atoms with van der Waals surface area (Å²) in [6.07, 6.45) is 3.86. The molecular formula is C16H15NO2. The number of benzene rings is 2. The molecule has 0 aromatic heterocycles. The first-order valence-electron chi connectivity index (χ1n) is 5.91. The topological polar surface area (TPSA) is 52.3 Å². The van der Waals surface area contributed by atoms with Crippen LogP contribution in [0.4, 0.5) is 0 Å². The third-order valence-electron chi connectivity index (χ3n) is 2.77. The number of ether oxygens (including phenoxy) is 1. The molecule has 0 aliphatic rings. The van der Waals surface area contributed by atoms with E-state index in [2.05, 4.69) is 0 Å². The molecule has 2 rings (SSSR count). The highest BCUT2D eigenvalue weighted by atomic mass is 16.5. The van der Waals surface area contributed by atoms with Crippen molar-refractivity contribution in [2.45, 2.75) is 0 Å². The predicted molar refractivity (Wildman–Crippen MR) is 76.9 cm³/mol. The first-order chi connectivity index (χ1) is 9.20. The maximum atomic E-state index is 11.2. The second-order valence-corrected chi connectivity index (χ2v) is 4.06. The van der Waals surface area contributed by atoms with E-state index in [4.69, 9.17) is 10.5 Å². The maximum Gasteiger partial charge on any atom is 0.248 e. The van der Waals surface area contributed by atoms with Gasteiger partial charge < -0.3 is 10.5 Å². The van der Waals surface area contributed by atoms with Crippen LogP contribution in [0.25, 0.3) is 12.2 Å². The molecule has 2 aromatic carbocycles. The van der Waals surface area contributed by atoms with Crippen molar-refractivity contribution in [1.29, 1.82) is 0 Å². The molecule has 1 amide bonds. The summed E-state index contributed by atoms with van der Waals surface area (Å²) < 4.78 is 5.27. The standard InChI is InChI=1S/C16H15NO2/c1-19-15-10-9-14(16(17)18)11-13(15)8-7-12-5-3-2-4-6-12/h2-11H,1H3,(H2,17,18)/b8-7+. The van der Waals surface area contributed by atoms with Crippen LogP contribution in [0, 0.1) is 0 Å². The highest BCUT2D eigenvalue weighted by molar-refractivity contribution is 5.94. The van der Waals surface area contributed by atoms with E-state index in [-0.39, 0.29) is 0 Å². The number of carbonyl (C=O) groups is 1. The molecule has 0 saturated carbocycles. The third kappa shape index (κ3) is 3.22. The zero-order valence-electron chi connectivity index (χ0n) is 10.7.